The third-order valence-corrected chi connectivity index (χ3v) is 9.01. The van der Waals surface area contributed by atoms with Gasteiger partial charge in [-0.15, -0.1) is 0 Å². The smallest absolute Gasteiger partial charge is 0.174 e. The fraction of sp³-hybridized carbons (Fsp3) is 0.333. The van der Waals surface area contributed by atoms with Crippen molar-refractivity contribution in [1.82, 2.24) is 14.9 Å². The van der Waals surface area contributed by atoms with E-state index in [-0.39, 0.29) is 17.9 Å². The van der Waals surface area contributed by atoms with Crippen LogP contribution in [-0.4, -0.2) is 27.8 Å². The first kappa shape index (κ1) is 27.7. The lowest BCUT2D eigenvalue weighted by atomic mass is 9.91. The van der Waals surface area contributed by atoms with Gasteiger partial charge in [-0.05, 0) is 111 Å². The Hall–Kier alpha value is -3.42. The molecule has 1 N–H and O–H groups in total. The Labute approximate surface area is 252 Å². The summed E-state index contributed by atoms with van der Waals surface area (Å²) in [4.78, 5) is 9.28. The van der Waals surface area contributed by atoms with Crippen molar-refractivity contribution in [2.24, 2.45) is 11.8 Å². The standard InChI is InChI=1S/C33H35ClFN5S/c1-20-15-21(2)19-38(18-20)30-13-12-26(17-28(30)34)40-32(31(37-33(40)41)29-7-5-6-14-36-29)27-16-22(3)39(23(27)4)25-10-8-24(35)9-11-25/h5-14,16-17,20-21,31-32H,15,18-19H2,1-4H3,(H,37,41)/t20-,21-,31-,32+/m0/s1. The Morgan fingerprint density at radius 3 is 2.32 bits per heavy atom. The fourth-order valence-electron chi connectivity index (χ4n) is 6.79. The molecule has 212 valence electrons. The van der Waals surface area contributed by atoms with Gasteiger partial charge in [0, 0.05) is 42.0 Å². The molecule has 0 unspecified atom stereocenters. The quantitative estimate of drug-likeness (QED) is 0.240. The maximum Gasteiger partial charge on any atom is 0.174 e. The normalized spacial score (nSPS) is 22.7. The summed E-state index contributed by atoms with van der Waals surface area (Å²) in [6, 6.07) is 20.7. The van der Waals surface area contributed by atoms with E-state index in [1.807, 2.05) is 42.6 Å². The van der Waals surface area contributed by atoms with Gasteiger partial charge in [0.1, 0.15) is 5.82 Å². The minimum Gasteiger partial charge on any atom is -0.370 e. The Morgan fingerprint density at radius 1 is 0.951 bits per heavy atom. The number of aromatic nitrogens is 2. The van der Waals surface area contributed by atoms with E-state index < -0.39 is 0 Å². The highest BCUT2D eigenvalue weighted by molar-refractivity contribution is 7.80. The number of hydrogen-bond donors (Lipinski definition) is 1. The minimum absolute atomic E-state index is 0.172. The summed E-state index contributed by atoms with van der Waals surface area (Å²) < 4.78 is 15.9. The van der Waals surface area contributed by atoms with Crippen LogP contribution in [0.25, 0.3) is 5.69 Å². The molecule has 0 bridgehead atoms. The molecule has 2 aromatic carbocycles. The predicted octanol–water partition coefficient (Wildman–Crippen LogP) is 7.94. The molecule has 6 rings (SSSR count). The van der Waals surface area contributed by atoms with Gasteiger partial charge in [0.05, 0.1) is 28.5 Å². The number of rotatable bonds is 5. The van der Waals surface area contributed by atoms with Crippen LogP contribution >= 0.6 is 23.8 Å². The summed E-state index contributed by atoms with van der Waals surface area (Å²) in [5.41, 5.74) is 7.07. The molecule has 0 amide bonds. The van der Waals surface area contributed by atoms with E-state index >= 15 is 0 Å². The van der Waals surface area contributed by atoms with Crippen molar-refractivity contribution in [1.29, 1.82) is 0 Å². The van der Waals surface area contributed by atoms with Crippen LogP contribution in [0.4, 0.5) is 15.8 Å². The molecular formula is C33H35ClFN5S. The summed E-state index contributed by atoms with van der Waals surface area (Å²) in [7, 11) is 0. The van der Waals surface area contributed by atoms with E-state index in [2.05, 4.69) is 65.6 Å². The van der Waals surface area contributed by atoms with Gasteiger partial charge in [0.25, 0.3) is 0 Å². The van der Waals surface area contributed by atoms with Gasteiger partial charge >= 0.3 is 0 Å². The van der Waals surface area contributed by atoms with Crippen LogP contribution in [0.2, 0.25) is 5.02 Å². The number of aryl methyl sites for hydroxylation is 1. The van der Waals surface area contributed by atoms with E-state index in [1.54, 1.807) is 0 Å². The van der Waals surface area contributed by atoms with Gasteiger partial charge in [0.2, 0.25) is 0 Å². The molecule has 0 saturated carbocycles. The molecule has 41 heavy (non-hydrogen) atoms. The van der Waals surface area contributed by atoms with Gasteiger partial charge in [-0.2, -0.15) is 0 Å². The second kappa shape index (κ2) is 11.1. The molecule has 8 heteroatoms. The molecule has 0 spiro atoms. The summed E-state index contributed by atoms with van der Waals surface area (Å²) in [5.74, 6) is 1.01. The number of anilines is 2. The van der Waals surface area contributed by atoms with E-state index in [9.17, 15) is 4.39 Å². The van der Waals surface area contributed by atoms with Crippen LogP contribution in [0.3, 0.4) is 0 Å². The zero-order valence-electron chi connectivity index (χ0n) is 23.8. The molecule has 2 fully saturated rings. The van der Waals surface area contributed by atoms with Crippen molar-refractivity contribution in [3.8, 4) is 5.69 Å². The predicted molar refractivity (Wildman–Crippen MR) is 170 cm³/mol. The van der Waals surface area contributed by atoms with Crippen LogP contribution in [-0.2, 0) is 0 Å². The Kier molecular flexibility index (Phi) is 7.51. The van der Waals surface area contributed by atoms with Crippen molar-refractivity contribution in [2.45, 2.75) is 46.2 Å². The summed E-state index contributed by atoms with van der Waals surface area (Å²) >= 11 is 13.0. The SMILES string of the molecule is Cc1cc([C@@H]2[C@H](c3ccccn3)NC(=S)N2c2ccc(N3C[C@@H](C)C[C@H](C)C3)c(Cl)c2)c(C)n1-c1ccc(F)cc1. The first-order valence-corrected chi connectivity index (χ1v) is 15.0. The van der Waals surface area contributed by atoms with Crippen LogP contribution in [0.1, 0.15) is 55.0 Å². The third kappa shape index (κ3) is 5.22. The maximum absolute atomic E-state index is 13.7. The highest BCUT2D eigenvalue weighted by atomic mass is 35.5. The Balaban J connectivity index is 1.44. The number of nitrogens with zero attached hydrogens (tertiary/aromatic N) is 4. The molecule has 0 aliphatic carbocycles. The first-order chi connectivity index (χ1) is 19.7. The number of thiocarbonyl (C=S) groups is 1. The lowest BCUT2D eigenvalue weighted by Crippen LogP contribution is -2.38. The number of halogens is 2. The lowest BCUT2D eigenvalue weighted by Gasteiger charge is -2.37. The number of nitrogens with one attached hydrogen (secondary N) is 1. The van der Waals surface area contributed by atoms with Crippen molar-refractivity contribution in [3.05, 3.63) is 106 Å². The molecular weight excluding hydrogens is 553 g/mol. The molecule has 2 aromatic heterocycles. The second-order valence-corrected chi connectivity index (χ2v) is 12.4. The molecule has 4 atom stereocenters. The van der Waals surface area contributed by atoms with Gasteiger partial charge in [-0.3, -0.25) is 4.98 Å². The zero-order chi connectivity index (χ0) is 28.8. The Bertz CT molecular complexity index is 1560. The largest absolute Gasteiger partial charge is 0.370 e. The van der Waals surface area contributed by atoms with E-state index in [1.165, 1.54) is 18.6 Å². The van der Waals surface area contributed by atoms with E-state index in [4.69, 9.17) is 28.8 Å². The van der Waals surface area contributed by atoms with Gasteiger partial charge < -0.3 is 19.7 Å². The topological polar surface area (TPSA) is 36.3 Å². The molecule has 0 radical (unpaired) electrons. The summed E-state index contributed by atoms with van der Waals surface area (Å²) in [6.45, 7) is 10.8. The van der Waals surface area contributed by atoms with Gasteiger partial charge in [-0.1, -0.05) is 31.5 Å². The third-order valence-electron chi connectivity index (χ3n) is 8.39. The van der Waals surface area contributed by atoms with E-state index in [0.717, 1.165) is 57.8 Å². The summed E-state index contributed by atoms with van der Waals surface area (Å²) in [5, 5.41) is 4.91. The van der Waals surface area contributed by atoms with E-state index in [0.29, 0.717) is 16.9 Å². The van der Waals surface area contributed by atoms with Crippen molar-refractivity contribution in [2.75, 3.05) is 22.9 Å². The second-order valence-electron chi connectivity index (χ2n) is 11.6. The highest BCUT2D eigenvalue weighted by Crippen LogP contribution is 2.45. The number of hydrogen-bond acceptors (Lipinski definition) is 3. The lowest BCUT2D eigenvalue weighted by molar-refractivity contribution is 0.357. The minimum atomic E-state index is -0.253. The first-order valence-electron chi connectivity index (χ1n) is 14.2. The molecule has 2 aliphatic rings. The molecule has 2 saturated heterocycles. The average Bonchev–Trinajstić information content (AvgIpc) is 3.44. The zero-order valence-corrected chi connectivity index (χ0v) is 25.4. The average molecular weight is 588 g/mol. The van der Waals surface area contributed by atoms with Crippen molar-refractivity contribution < 1.29 is 4.39 Å². The van der Waals surface area contributed by atoms with Gasteiger partial charge in [0.15, 0.2) is 5.11 Å². The highest BCUT2D eigenvalue weighted by Gasteiger charge is 2.42. The molecule has 4 aromatic rings. The Morgan fingerprint density at radius 2 is 1.66 bits per heavy atom. The van der Waals surface area contributed by atoms with Crippen LogP contribution in [0.5, 0.6) is 0 Å². The molecule has 4 heterocycles. The van der Waals surface area contributed by atoms with Gasteiger partial charge in [-0.25, -0.2) is 4.39 Å². The summed E-state index contributed by atoms with van der Waals surface area (Å²) in [6.07, 6.45) is 3.06. The monoisotopic (exact) mass is 587 g/mol. The van der Waals surface area contributed by atoms with Crippen LogP contribution < -0.4 is 15.1 Å². The van der Waals surface area contributed by atoms with Crippen molar-refractivity contribution >= 4 is 40.3 Å². The molecule has 2 aliphatic heterocycles. The fourth-order valence-corrected chi connectivity index (χ4v) is 7.43. The number of pyridine rings is 1. The number of benzene rings is 2. The number of piperidine rings is 1. The van der Waals surface area contributed by atoms with Crippen molar-refractivity contribution in [3.63, 3.8) is 0 Å². The maximum atomic E-state index is 13.7. The van der Waals surface area contributed by atoms with Crippen LogP contribution in [0, 0.1) is 31.5 Å². The van der Waals surface area contributed by atoms with Crippen LogP contribution in [0.15, 0.2) is 72.9 Å². The molecule has 5 nitrogen and oxygen atoms in total.